The quantitative estimate of drug-likeness (QED) is 0.728. The van der Waals surface area contributed by atoms with Crippen molar-refractivity contribution in [2.45, 2.75) is 44.8 Å². The van der Waals surface area contributed by atoms with Crippen LogP contribution >= 0.6 is 0 Å². The van der Waals surface area contributed by atoms with Crippen molar-refractivity contribution in [1.29, 1.82) is 0 Å². The van der Waals surface area contributed by atoms with E-state index in [0.717, 1.165) is 44.6 Å². The van der Waals surface area contributed by atoms with E-state index in [4.69, 9.17) is 9.47 Å². The average Bonchev–Trinajstić information content (AvgIpc) is 3.19. The van der Waals surface area contributed by atoms with E-state index in [2.05, 4.69) is 66.8 Å². The summed E-state index contributed by atoms with van der Waals surface area (Å²) in [6, 6.07) is 19.5. The molecule has 0 amide bonds. The molecule has 0 radical (unpaired) electrons. The highest BCUT2D eigenvalue weighted by molar-refractivity contribution is 5.29. The minimum Gasteiger partial charge on any atom is -0.491 e. The normalized spacial score (nSPS) is 18.2. The molecule has 3 nitrogen and oxygen atoms in total. The van der Waals surface area contributed by atoms with Crippen LogP contribution in [0.15, 0.2) is 54.6 Å². The lowest BCUT2D eigenvalue weighted by Crippen LogP contribution is -2.23. The SMILES string of the molecule is CCC(NCCc1ccccc1)c1ccc(OCC2CCCO2)cc1. The van der Waals surface area contributed by atoms with E-state index >= 15 is 0 Å². The van der Waals surface area contributed by atoms with E-state index in [1.807, 2.05) is 0 Å². The Labute approximate surface area is 151 Å². The standard InChI is InChI=1S/C22H29NO2/c1-2-22(23-15-14-18-7-4-3-5-8-18)19-10-12-20(13-11-19)25-17-21-9-6-16-24-21/h3-5,7-8,10-13,21-23H,2,6,9,14-17H2,1H3. The molecule has 25 heavy (non-hydrogen) atoms. The van der Waals surface area contributed by atoms with Gasteiger partial charge in [0.2, 0.25) is 0 Å². The van der Waals surface area contributed by atoms with Crippen LogP contribution in [0.4, 0.5) is 0 Å². The fraction of sp³-hybridized carbons (Fsp3) is 0.455. The molecule has 0 saturated carbocycles. The Balaban J connectivity index is 1.46. The first-order valence-electron chi connectivity index (χ1n) is 9.47. The molecule has 0 aliphatic carbocycles. The molecule has 2 aromatic carbocycles. The van der Waals surface area contributed by atoms with Crippen molar-refractivity contribution in [3.8, 4) is 5.75 Å². The molecule has 1 heterocycles. The van der Waals surface area contributed by atoms with Gasteiger partial charge in [-0.05, 0) is 55.5 Å². The summed E-state index contributed by atoms with van der Waals surface area (Å²) in [5.74, 6) is 0.929. The van der Waals surface area contributed by atoms with Gasteiger partial charge in [-0.1, -0.05) is 49.4 Å². The van der Waals surface area contributed by atoms with Gasteiger partial charge >= 0.3 is 0 Å². The van der Waals surface area contributed by atoms with Crippen LogP contribution < -0.4 is 10.1 Å². The summed E-state index contributed by atoms with van der Waals surface area (Å²) in [4.78, 5) is 0. The van der Waals surface area contributed by atoms with Crippen LogP contribution in [-0.4, -0.2) is 25.9 Å². The summed E-state index contributed by atoms with van der Waals surface area (Å²) < 4.78 is 11.5. The highest BCUT2D eigenvalue weighted by atomic mass is 16.5. The summed E-state index contributed by atoms with van der Waals surface area (Å²) in [6.45, 7) is 4.74. The maximum Gasteiger partial charge on any atom is 0.119 e. The molecule has 2 aromatic rings. The van der Waals surface area contributed by atoms with Crippen LogP contribution in [0.25, 0.3) is 0 Å². The van der Waals surface area contributed by atoms with E-state index in [1.54, 1.807) is 0 Å². The Kier molecular flexibility index (Phi) is 6.89. The molecular formula is C22H29NO2. The van der Waals surface area contributed by atoms with E-state index < -0.39 is 0 Å². The summed E-state index contributed by atoms with van der Waals surface area (Å²) in [5, 5.41) is 3.67. The largest absolute Gasteiger partial charge is 0.491 e. The van der Waals surface area contributed by atoms with Gasteiger partial charge in [0.15, 0.2) is 0 Å². The van der Waals surface area contributed by atoms with Crippen LogP contribution in [0.1, 0.15) is 43.4 Å². The number of nitrogens with one attached hydrogen (secondary N) is 1. The Morgan fingerprint density at radius 1 is 1.12 bits per heavy atom. The molecule has 1 aliphatic rings. The van der Waals surface area contributed by atoms with Gasteiger partial charge in [-0.15, -0.1) is 0 Å². The zero-order chi connectivity index (χ0) is 17.3. The molecule has 1 aliphatic heterocycles. The van der Waals surface area contributed by atoms with Crippen molar-refractivity contribution >= 4 is 0 Å². The Morgan fingerprint density at radius 2 is 1.92 bits per heavy atom. The minimum absolute atomic E-state index is 0.266. The summed E-state index contributed by atoms with van der Waals surface area (Å²) in [5.41, 5.74) is 2.70. The summed E-state index contributed by atoms with van der Waals surface area (Å²) >= 11 is 0. The monoisotopic (exact) mass is 339 g/mol. The number of rotatable bonds is 9. The molecule has 1 fully saturated rings. The summed E-state index contributed by atoms with van der Waals surface area (Å²) in [7, 11) is 0. The predicted molar refractivity (Wildman–Crippen MR) is 102 cm³/mol. The van der Waals surface area contributed by atoms with Crippen molar-refractivity contribution in [1.82, 2.24) is 5.32 Å². The highest BCUT2D eigenvalue weighted by Crippen LogP contribution is 2.21. The van der Waals surface area contributed by atoms with E-state index in [0.29, 0.717) is 12.6 Å². The third-order valence-electron chi connectivity index (χ3n) is 4.80. The molecule has 2 atom stereocenters. The van der Waals surface area contributed by atoms with E-state index in [1.165, 1.54) is 11.1 Å². The smallest absolute Gasteiger partial charge is 0.119 e. The lowest BCUT2D eigenvalue weighted by atomic mass is 10.0. The molecule has 0 spiro atoms. The van der Waals surface area contributed by atoms with E-state index in [9.17, 15) is 0 Å². The third-order valence-corrected chi connectivity index (χ3v) is 4.80. The van der Waals surface area contributed by atoms with Gasteiger partial charge in [-0.2, -0.15) is 0 Å². The van der Waals surface area contributed by atoms with Crippen LogP contribution in [-0.2, 0) is 11.2 Å². The van der Waals surface area contributed by atoms with Gasteiger partial charge in [0.25, 0.3) is 0 Å². The molecule has 0 aromatic heterocycles. The summed E-state index contributed by atoms with van der Waals surface area (Å²) in [6.07, 6.45) is 4.66. The molecule has 2 unspecified atom stereocenters. The second kappa shape index (κ2) is 9.59. The van der Waals surface area contributed by atoms with Gasteiger partial charge in [0.1, 0.15) is 12.4 Å². The highest BCUT2D eigenvalue weighted by Gasteiger charge is 2.16. The van der Waals surface area contributed by atoms with Gasteiger partial charge in [-0.25, -0.2) is 0 Å². The lowest BCUT2D eigenvalue weighted by molar-refractivity contribution is 0.0679. The fourth-order valence-corrected chi connectivity index (χ4v) is 3.29. The van der Waals surface area contributed by atoms with Gasteiger partial charge in [-0.3, -0.25) is 0 Å². The van der Waals surface area contributed by atoms with E-state index in [-0.39, 0.29) is 6.10 Å². The number of ether oxygens (including phenoxy) is 2. The second-order valence-corrected chi connectivity index (χ2v) is 6.67. The molecule has 134 valence electrons. The molecule has 3 heteroatoms. The zero-order valence-corrected chi connectivity index (χ0v) is 15.1. The lowest BCUT2D eigenvalue weighted by Gasteiger charge is -2.18. The van der Waals surface area contributed by atoms with Gasteiger partial charge < -0.3 is 14.8 Å². The maximum absolute atomic E-state index is 5.85. The van der Waals surface area contributed by atoms with Gasteiger partial charge in [0, 0.05) is 12.6 Å². The molecular weight excluding hydrogens is 310 g/mol. The zero-order valence-electron chi connectivity index (χ0n) is 15.1. The average molecular weight is 339 g/mol. The minimum atomic E-state index is 0.266. The Bertz CT molecular complexity index is 606. The maximum atomic E-state index is 5.85. The number of hydrogen-bond donors (Lipinski definition) is 1. The van der Waals surface area contributed by atoms with Crippen LogP contribution in [0.2, 0.25) is 0 Å². The number of hydrogen-bond acceptors (Lipinski definition) is 3. The first kappa shape index (κ1) is 18.0. The molecule has 1 N–H and O–H groups in total. The topological polar surface area (TPSA) is 30.5 Å². The van der Waals surface area contributed by atoms with Crippen LogP contribution in [0, 0.1) is 0 Å². The number of benzene rings is 2. The van der Waals surface area contributed by atoms with Crippen molar-refractivity contribution in [2.75, 3.05) is 19.8 Å². The third kappa shape index (κ3) is 5.58. The van der Waals surface area contributed by atoms with Crippen molar-refractivity contribution in [3.05, 3.63) is 65.7 Å². The Morgan fingerprint density at radius 3 is 2.60 bits per heavy atom. The molecule has 1 saturated heterocycles. The molecule has 0 bridgehead atoms. The second-order valence-electron chi connectivity index (χ2n) is 6.67. The van der Waals surface area contributed by atoms with Crippen molar-refractivity contribution in [3.63, 3.8) is 0 Å². The first-order valence-corrected chi connectivity index (χ1v) is 9.47. The fourth-order valence-electron chi connectivity index (χ4n) is 3.29. The predicted octanol–water partition coefficient (Wildman–Crippen LogP) is 4.53. The van der Waals surface area contributed by atoms with Crippen molar-refractivity contribution in [2.24, 2.45) is 0 Å². The van der Waals surface area contributed by atoms with Crippen LogP contribution in [0.5, 0.6) is 5.75 Å². The van der Waals surface area contributed by atoms with Gasteiger partial charge in [0.05, 0.1) is 6.10 Å². The van der Waals surface area contributed by atoms with Crippen LogP contribution in [0.3, 0.4) is 0 Å². The first-order chi connectivity index (χ1) is 12.3. The Hall–Kier alpha value is -1.84. The molecule has 3 rings (SSSR count). The van der Waals surface area contributed by atoms with Crippen molar-refractivity contribution < 1.29 is 9.47 Å².